The molecule has 3 heterocycles. The average Bonchev–Trinajstić information content (AvgIpc) is 3.05. The highest BCUT2D eigenvalue weighted by molar-refractivity contribution is 7.20. The van der Waals surface area contributed by atoms with E-state index in [2.05, 4.69) is 20.6 Å². The Morgan fingerprint density at radius 1 is 1.50 bits per heavy atom. The molecular formula is C11H9N5O3S. The summed E-state index contributed by atoms with van der Waals surface area (Å²) in [6.07, 6.45) is 1.65. The van der Waals surface area contributed by atoms with E-state index in [0.29, 0.717) is 16.0 Å². The standard InChI is InChI=1S/C11H9N5O3S/c1-16-3-2-6(15-16)9(17)12-8-5-4-7(11(18)19)20-10(5)14-13-8/h2-4H,1H3,(H,18,19)(H2,12,13,14,17). The van der Waals surface area contributed by atoms with Crippen molar-refractivity contribution in [3.63, 3.8) is 0 Å². The van der Waals surface area contributed by atoms with Gasteiger partial charge in [0.25, 0.3) is 5.91 Å². The molecule has 3 rings (SSSR count). The van der Waals surface area contributed by atoms with Crippen molar-refractivity contribution >= 4 is 39.2 Å². The van der Waals surface area contributed by atoms with E-state index in [1.807, 2.05) is 0 Å². The van der Waals surface area contributed by atoms with Gasteiger partial charge in [-0.05, 0) is 12.1 Å². The number of carbonyl (C=O) groups excluding carboxylic acids is 1. The summed E-state index contributed by atoms with van der Waals surface area (Å²) in [6.45, 7) is 0. The van der Waals surface area contributed by atoms with E-state index in [0.717, 1.165) is 11.3 Å². The van der Waals surface area contributed by atoms with Crippen LogP contribution in [0.4, 0.5) is 5.82 Å². The van der Waals surface area contributed by atoms with Crippen LogP contribution in [0, 0.1) is 0 Å². The fourth-order valence-electron chi connectivity index (χ4n) is 1.73. The van der Waals surface area contributed by atoms with Crippen molar-refractivity contribution in [2.45, 2.75) is 0 Å². The van der Waals surface area contributed by atoms with Gasteiger partial charge >= 0.3 is 5.97 Å². The maximum absolute atomic E-state index is 12.0. The smallest absolute Gasteiger partial charge is 0.345 e. The molecule has 0 aliphatic carbocycles. The quantitative estimate of drug-likeness (QED) is 0.673. The Morgan fingerprint density at radius 2 is 2.30 bits per heavy atom. The highest BCUT2D eigenvalue weighted by Gasteiger charge is 2.17. The topological polar surface area (TPSA) is 113 Å². The number of aromatic nitrogens is 4. The number of anilines is 1. The Bertz CT molecular complexity index is 815. The molecule has 0 aliphatic rings. The molecule has 3 aromatic heterocycles. The Labute approximate surface area is 116 Å². The second-order valence-corrected chi connectivity index (χ2v) is 5.11. The number of nitrogens with zero attached hydrogens (tertiary/aromatic N) is 3. The van der Waals surface area contributed by atoms with Crippen molar-refractivity contribution in [2.24, 2.45) is 7.05 Å². The molecular weight excluding hydrogens is 282 g/mol. The van der Waals surface area contributed by atoms with Crippen molar-refractivity contribution in [3.8, 4) is 0 Å². The summed E-state index contributed by atoms with van der Waals surface area (Å²) < 4.78 is 1.52. The summed E-state index contributed by atoms with van der Waals surface area (Å²) in [6, 6.07) is 3.05. The molecule has 0 saturated heterocycles. The normalized spacial score (nSPS) is 10.8. The molecule has 0 spiro atoms. The van der Waals surface area contributed by atoms with E-state index in [1.54, 1.807) is 19.3 Å². The fraction of sp³-hybridized carbons (Fsp3) is 0.0909. The van der Waals surface area contributed by atoms with Crippen LogP contribution in [0.3, 0.4) is 0 Å². The van der Waals surface area contributed by atoms with Crippen LogP contribution in [-0.4, -0.2) is 37.0 Å². The summed E-state index contributed by atoms with van der Waals surface area (Å²) in [5.41, 5.74) is 0.261. The Kier molecular flexibility index (Phi) is 2.75. The summed E-state index contributed by atoms with van der Waals surface area (Å²) >= 11 is 1.06. The second kappa shape index (κ2) is 4.46. The lowest BCUT2D eigenvalue weighted by atomic mass is 10.3. The zero-order valence-corrected chi connectivity index (χ0v) is 11.1. The minimum absolute atomic E-state index is 0.182. The highest BCUT2D eigenvalue weighted by Crippen LogP contribution is 2.29. The number of amides is 1. The third-order valence-corrected chi connectivity index (χ3v) is 3.67. The number of hydrogen-bond acceptors (Lipinski definition) is 5. The van der Waals surface area contributed by atoms with Crippen LogP contribution in [0.15, 0.2) is 18.3 Å². The SMILES string of the molecule is Cn1ccc(C(=O)Nc2n[nH]c3sc(C(=O)O)cc23)n1. The zero-order chi connectivity index (χ0) is 14.3. The second-order valence-electron chi connectivity index (χ2n) is 4.06. The van der Waals surface area contributed by atoms with Crippen LogP contribution in [-0.2, 0) is 7.05 Å². The molecule has 1 amide bonds. The van der Waals surface area contributed by atoms with Gasteiger partial charge in [0.05, 0.1) is 5.39 Å². The summed E-state index contributed by atoms with van der Waals surface area (Å²) in [7, 11) is 1.71. The summed E-state index contributed by atoms with van der Waals surface area (Å²) in [5, 5.41) is 22.7. The predicted molar refractivity (Wildman–Crippen MR) is 72.1 cm³/mol. The third kappa shape index (κ3) is 2.03. The van der Waals surface area contributed by atoms with E-state index in [-0.39, 0.29) is 10.6 Å². The van der Waals surface area contributed by atoms with Crippen molar-refractivity contribution in [2.75, 3.05) is 5.32 Å². The van der Waals surface area contributed by atoms with Crippen LogP contribution < -0.4 is 5.32 Å². The van der Waals surface area contributed by atoms with Gasteiger partial charge in [0.2, 0.25) is 0 Å². The minimum Gasteiger partial charge on any atom is -0.477 e. The van der Waals surface area contributed by atoms with E-state index in [9.17, 15) is 9.59 Å². The van der Waals surface area contributed by atoms with Crippen LogP contribution in [0.5, 0.6) is 0 Å². The number of carboxylic acids is 1. The van der Waals surface area contributed by atoms with Gasteiger partial charge in [-0.3, -0.25) is 14.6 Å². The zero-order valence-electron chi connectivity index (χ0n) is 10.2. The molecule has 0 atom stereocenters. The van der Waals surface area contributed by atoms with Crippen molar-refractivity contribution in [1.82, 2.24) is 20.0 Å². The largest absolute Gasteiger partial charge is 0.477 e. The minimum atomic E-state index is -1.01. The number of aryl methyl sites for hydroxylation is 1. The Morgan fingerprint density at radius 3 is 2.95 bits per heavy atom. The lowest BCUT2D eigenvalue weighted by Crippen LogP contribution is -2.13. The maximum atomic E-state index is 12.0. The molecule has 0 aliphatic heterocycles. The van der Waals surface area contributed by atoms with Gasteiger partial charge in [-0.25, -0.2) is 4.79 Å². The number of nitrogens with one attached hydrogen (secondary N) is 2. The molecule has 9 heteroatoms. The Balaban J connectivity index is 1.90. The first-order valence-corrected chi connectivity index (χ1v) is 6.38. The maximum Gasteiger partial charge on any atom is 0.345 e. The van der Waals surface area contributed by atoms with Crippen molar-refractivity contribution in [3.05, 3.63) is 28.9 Å². The number of rotatable bonds is 3. The summed E-state index contributed by atoms with van der Waals surface area (Å²) in [5.74, 6) is -1.12. The van der Waals surface area contributed by atoms with Crippen LogP contribution in [0.25, 0.3) is 10.2 Å². The molecule has 0 unspecified atom stereocenters. The lowest BCUT2D eigenvalue weighted by molar-refractivity contribution is 0.0702. The van der Waals surface area contributed by atoms with Crippen LogP contribution in [0.1, 0.15) is 20.2 Å². The van der Waals surface area contributed by atoms with Gasteiger partial charge < -0.3 is 10.4 Å². The third-order valence-electron chi connectivity index (χ3n) is 2.65. The van der Waals surface area contributed by atoms with E-state index >= 15 is 0 Å². The monoisotopic (exact) mass is 291 g/mol. The summed E-state index contributed by atoms with van der Waals surface area (Å²) in [4.78, 5) is 23.6. The number of H-pyrrole nitrogens is 1. The number of carbonyl (C=O) groups is 2. The molecule has 0 bridgehead atoms. The number of hydrogen-bond donors (Lipinski definition) is 3. The molecule has 8 nitrogen and oxygen atoms in total. The van der Waals surface area contributed by atoms with Gasteiger partial charge in [0, 0.05) is 13.2 Å². The van der Waals surface area contributed by atoms with Crippen molar-refractivity contribution in [1.29, 1.82) is 0 Å². The molecule has 3 aromatic rings. The van der Waals surface area contributed by atoms with Gasteiger partial charge in [-0.2, -0.15) is 10.2 Å². The number of aromatic carboxylic acids is 1. The number of carboxylic acid groups (broad SMARTS) is 1. The van der Waals surface area contributed by atoms with Gasteiger partial charge in [-0.1, -0.05) is 0 Å². The van der Waals surface area contributed by atoms with Gasteiger partial charge in [0.15, 0.2) is 11.5 Å². The molecule has 20 heavy (non-hydrogen) atoms. The van der Waals surface area contributed by atoms with Crippen LogP contribution in [0.2, 0.25) is 0 Å². The van der Waals surface area contributed by atoms with E-state index < -0.39 is 11.9 Å². The molecule has 0 fully saturated rings. The molecule has 0 radical (unpaired) electrons. The number of thiophene rings is 1. The van der Waals surface area contributed by atoms with Crippen molar-refractivity contribution < 1.29 is 14.7 Å². The van der Waals surface area contributed by atoms with Gasteiger partial charge in [-0.15, -0.1) is 11.3 Å². The Hall–Kier alpha value is -2.68. The highest BCUT2D eigenvalue weighted by atomic mass is 32.1. The first-order chi connectivity index (χ1) is 9.54. The number of fused-ring (bicyclic) bond motifs is 1. The fourth-order valence-corrected chi connectivity index (χ4v) is 2.57. The van der Waals surface area contributed by atoms with E-state index in [1.165, 1.54) is 10.7 Å². The molecule has 0 saturated carbocycles. The first-order valence-electron chi connectivity index (χ1n) is 5.57. The molecule has 3 N–H and O–H groups in total. The average molecular weight is 291 g/mol. The first kappa shape index (κ1) is 12.4. The number of aromatic amines is 1. The predicted octanol–water partition coefficient (Wildman–Crippen LogP) is 1.31. The molecule has 0 aromatic carbocycles. The van der Waals surface area contributed by atoms with Crippen LogP contribution >= 0.6 is 11.3 Å². The van der Waals surface area contributed by atoms with E-state index in [4.69, 9.17) is 5.11 Å². The lowest BCUT2D eigenvalue weighted by Gasteiger charge is -1.98. The molecule has 102 valence electrons. The van der Waals surface area contributed by atoms with Gasteiger partial charge in [0.1, 0.15) is 9.71 Å².